The highest BCUT2D eigenvalue weighted by Crippen LogP contribution is 2.47. The number of hydrogen-bond donors (Lipinski definition) is 2. The molecule has 1 fully saturated rings. The van der Waals surface area contributed by atoms with Crippen LogP contribution >= 0.6 is 0 Å². The van der Waals surface area contributed by atoms with Crippen molar-refractivity contribution in [3.05, 3.63) is 66.0 Å². The molecule has 140 valence electrons. The molecular weight excluding hydrogens is 348 g/mol. The number of hydrogen-bond acceptors (Lipinski definition) is 5. The minimum atomic E-state index is 0.395. The summed E-state index contributed by atoms with van der Waals surface area (Å²) in [5, 5.41) is 0. The number of pyridine rings is 2. The van der Waals surface area contributed by atoms with E-state index >= 15 is 0 Å². The Morgan fingerprint density at radius 2 is 1.71 bits per heavy atom. The fourth-order valence-corrected chi connectivity index (χ4v) is 4.05. The van der Waals surface area contributed by atoms with Crippen molar-refractivity contribution in [1.82, 2.24) is 19.5 Å². The van der Waals surface area contributed by atoms with Gasteiger partial charge in [-0.1, -0.05) is 30.3 Å². The molecule has 6 nitrogen and oxygen atoms in total. The Morgan fingerprint density at radius 1 is 0.964 bits per heavy atom. The van der Waals surface area contributed by atoms with Crippen molar-refractivity contribution in [3.63, 3.8) is 0 Å². The quantitative estimate of drug-likeness (QED) is 0.570. The fraction of sp³-hybridized carbons (Fsp3) is 0.227. The largest absolute Gasteiger partial charge is 0.384 e. The molecule has 28 heavy (non-hydrogen) atoms. The number of fused-ring (bicyclic) bond motifs is 1. The molecule has 4 aromatic rings. The Balaban J connectivity index is 1.50. The number of aromatic nitrogens is 4. The summed E-state index contributed by atoms with van der Waals surface area (Å²) in [6.45, 7) is 2.06. The van der Waals surface area contributed by atoms with E-state index in [2.05, 4.69) is 46.8 Å². The first-order chi connectivity index (χ1) is 13.6. The highest BCUT2D eigenvalue weighted by Gasteiger charge is 2.40. The van der Waals surface area contributed by atoms with Gasteiger partial charge >= 0.3 is 0 Å². The van der Waals surface area contributed by atoms with E-state index in [4.69, 9.17) is 21.4 Å². The molecule has 3 aromatic heterocycles. The summed E-state index contributed by atoms with van der Waals surface area (Å²) < 4.78 is 2.29. The van der Waals surface area contributed by atoms with Gasteiger partial charge in [-0.2, -0.15) is 0 Å². The Labute approximate surface area is 163 Å². The second kappa shape index (κ2) is 6.34. The summed E-state index contributed by atoms with van der Waals surface area (Å²) in [5.41, 5.74) is 16.6. The highest BCUT2D eigenvalue weighted by atomic mass is 15.2. The Morgan fingerprint density at radius 3 is 2.46 bits per heavy atom. The normalized spacial score (nSPS) is 18.5. The minimum absolute atomic E-state index is 0.395. The van der Waals surface area contributed by atoms with Gasteiger partial charge < -0.3 is 16.0 Å². The number of rotatable bonds is 4. The highest BCUT2D eigenvalue weighted by molar-refractivity contribution is 5.77. The lowest BCUT2D eigenvalue weighted by Gasteiger charge is -2.08. The SMILES string of the molecule is Cc1nc2ccc(-c3cc(N)nc(N)c3)nc2n1[C@@H]1C[C@H]1Cc1ccccc1. The summed E-state index contributed by atoms with van der Waals surface area (Å²) in [7, 11) is 0. The van der Waals surface area contributed by atoms with Crippen LogP contribution in [-0.4, -0.2) is 19.5 Å². The summed E-state index contributed by atoms with van der Waals surface area (Å²) in [4.78, 5) is 13.7. The first-order valence-electron chi connectivity index (χ1n) is 9.51. The first kappa shape index (κ1) is 16.7. The predicted octanol–water partition coefficient (Wildman–Crippen LogP) is 3.77. The van der Waals surface area contributed by atoms with Crippen LogP contribution in [0, 0.1) is 12.8 Å². The maximum atomic E-state index is 5.86. The van der Waals surface area contributed by atoms with Crippen molar-refractivity contribution in [3.8, 4) is 11.3 Å². The van der Waals surface area contributed by atoms with E-state index in [0.29, 0.717) is 23.6 Å². The monoisotopic (exact) mass is 370 g/mol. The fourth-order valence-electron chi connectivity index (χ4n) is 4.05. The van der Waals surface area contributed by atoms with Gasteiger partial charge in [0.25, 0.3) is 0 Å². The molecule has 0 aliphatic heterocycles. The number of imidazole rings is 1. The van der Waals surface area contributed by atoms with Crippen LogP contribution in [0.5, 0.6) is 0 Å². The third-order valence-electron chi connectivity index (χ3n) is 5.43. The maximum absolute atomic E-state index is 5.86. The van der Waals surface area contributed by atoms with Crippen molar-refractivity contribution >= 4 is 22.8 Å². The van der Waals surface area contributed by atoms with Gasteiger partial charge in [-0.3, -0.25) is 0 Å². The molecule has 6 heteroatoms. The molecule has 1 aromatic carbocycles. The van der Waals surface area contributed by atoms with Gasteiger partial charge in [0.15, 0.2) is 5.65 Å². The molecule has 0 spiro atoms. The molecule has 2 atom stereocenters. The zero-order chi connectivity index (χ0) is 19.3. The lowest BCUT2D eigenvalue weighted by atomic mass is 10.1. The molecule has 1 aliphatic rings. The molecule has 0 radical (unpaired) electrons. The standard InChI is InChI=1S/C22H22N6/c1-13-25-18-8-7-17(15-11-20(23)27-21(24)12-15)26-22(18)28(13)19-10-16(19)9-14-5-3-2-4-6-14/h2-8,11-12,16,19H,9-10H2,1H3,(H4,23,24,27)/t16-,19-/m1/s1. The summed E-state index contributed by atoms with van der Waals surface area (Å²) >= 11 is 0. The molecule has 3 heterocycles. The van der Waals surface area contributed by atoms with Gasteiger partial charge in [0.1, 0.15) is 23.0 Å². The predicted molar refractivity (Wildman–Crippen MR) is 112 cm³/mol. The van der Waals surface area contributed by atoms with Crippen LogP contribution in [0.2, 0.25) is 0 Å². The van der Waals surface area contributed by atoms with E-state index < -0.39 is 0 Å². The van der Waals surface area contributed by atoms with Crippen LogP contribution in [0.3, 0.4) is 0 Å². The van der Waals surface area contributed by atoms with E-state index in [-0.39, 0.29) is 0 Å². The molecule has 1 saturated carbocycles. The van der Waals surface area contributed by atoms with Crippen LogP contribution < -0.4 is 11.5 Å². The van der Waals surface area contributed by atoms with Crippen LogP contribution in [0.15, 0.2) is 54.6 Å². The zero-order valence-corrected chi connectivity index (χ0v) is 15.7. The molecule has 1 aliphatic carbocycles. The van der Waals surface area contributed by atoms with E-state index in [0.717, 1.165) is 41.1 Å². The third kappa shape index (κ3) is 2.97. The number of anilines is 2. The number of benzene rings is 1. The first-order valence-corrected chi connectivity index (χ1v) is 9.51. The van der Waals surface area contributed by atoms with Crippen molar-refractivity contribution in [2.75, 3.05) is 11.5 Å². The minimum Gasteiger partial charge on any atom is -0.384 e. The lowest BCUT2D eigenvalue weighted by molar-refractivity contribution is 0.646. The van der Waals surface area contributed by atoms with E-state index in [1.165, 1.54) is 5.56 Å². The second-order valence-electron chi connectivity index (χ2n) is 7.53. The van der Waals surface area contributed by atoms with Crippen LogP contribution in [0.25, 0.3) is 22.4 Å². The lowest BCUT2D eigenvalue weighted by Crippen LogP contribution is -2.02. The van der Waals surface area contributed by atoms with Crippen LogP contribution in [0.4, 0.5) is 11.6 Å². The van der Waals surface area contributed by atoms with Crippen molar-refractivity contribution < 1.29 is 0 Å². The van der Waals surface area contributed by atoms with Gasteiger partial charge in [0, 0.05) is 11.6 Å². The maximum Gasteiger partial charge on any atom is 0.160 e. The smallest absolute Gasteiger partial charge is 0.160 e. The van der Waals surface area contributed by atoms with Crippen molar-refractivity contribution in [2.24, 2.45) is 5.92 Å². The van der Waals surface area contributed by atoms with Gasteiger partial charge in [0.05, 0.1) is 5.69 Å². The van der Waals surface area contributed by atoms with Crippen LogP contribution in [-0.2, 0) is 6.42 Å². The Kier molecular flexibility index (Phi) is 3.79. The number of aryl methyl sites for hydroxylation is 1. The molecule has 0 bridgehead atoms. The molecule has 0 amide bonds. The number of nitrogen functional groups attached to an aromatic ring is 2. The Hall–Kier alpha value is -3.41. The van der Waals surface area contributed by atoms with E-state index in [9.17, 15) is 0 Å². The van der Waals surface area contributed by atoms with Gasteiger partial charge in [0.2, 0.25) is 0 Å². The molecule has 0 unspecified atom stereocenters. The van der Waals surface area contributed by atoms with E-state index in [1.807, 2.05) is 12.1 Å². The van der Waals surface area contributed by atoms with Crippen molar-refractivity contribution in [1.29, 1.82) is 0 Å². The number of nitrogens with two attached hydrogens (primary N) is 2. The molecule has 4 N–H and O–H groups in total. The molecule has 5 rings (SSSR count). The average Bonchev–Trinajstić information content (AvgIpc) is 3.33. The summed E-state index contributed by atoms with van der Waals surface area (Å²) in [5.74, 6) is 2.42. The van der Waals surface area contributed by atoms with Gasteiger partial charge in [-0.15, -0.1) is 0 Å². The van der Waals surface area contributed by atoms with Crippen molar-refractivity contribution in [2.45, 2.75) is 25.8 Å². The topological polar surface area (TPSA) is 95.6 Å². The number of nitrogens with zero attached hydrogens (tertiary/aromatic N) is 4. The molecule has 0 saturated heterocycles. The summed E-state index contributed by atoms with van der Waals surface area (Å²) in [6, 6.07) is 18.7. The van der Waals surface area contributed by atoms with E-state index in [1.54, 1.807) is 12.1 Å². The van der Waals surface area contributed by atoms with Gasteiger partial charge in [-0.25, -0.2) is 15.0 Å². The third-order valence-corrected chi connectivity index (χ3v) is 5.43. The Bertz CT molecular complexity index is 1140. The summed E-state index contributed by atoms with van der Waals surface area (Å²) in [6.07, 6.45) is 2.24. The average molecular weight is 370 g/mol. The zero-order valence-electron chi connectivity index (χ0n) is 15.7. The van der Waals surface area contributed by atoms with Crippen LogP contribution in [0.1, 0.15) is 23.9 Å². The van der Waals surface area contributed by atoms with Gasteiger partial charge in [-0.05, 0) is 55.5 Å². The molecular formula is C22H22N6. The second-order valence-corrected chi connectivity index (χ2v) is 7.53.